The number of unbranched alkanes of at least 4 members (excludes halogenated alkanes) is 2. The lowest BCUT2D eigenvalue weighted by molar-refractivity contribution is -0.126. The number of hydrogen-bond donors (Lipinski definition) is 1. The zero-order valence-electron chi connectivity index (χ0n) is 10.6. The van der Waals surface area contributed by atoms with Gasteiger partial charge in [-0.2, -0.15) is 0 Å². The van der Waals surface area contributed by atoms with E-state index in [1.807, 2.05) is 6.92 Å². The van der Waals surface area contributed by atoms with Crippen molar-refractivity contribution in [1.29, 1.82) is 0 Å². The van der Waals surface area contributed by atoms with Crippen LogP contribution in [0.1, 0.15) is 52.4 Å². The Morgan fingerprint density at radius 3 is 2.69 bits per heavy atom. The van der Waals surface area contributed by atoms with Gasteiger partial charge in [0.25, 0.3) is 0 Å². The van der Waals surface area contributed by atoms with Crippen LogP contribution in [0.15, 0.2) is 0 Å². The van der Waals surface area contributed by atoms with Crippen molar-refractivity contribution in [2.75, 3.05) is 13.2 Å². The quantitative estimate of drug-likeness (QED) is 0.708. The largest absolute Gasteiger partial charge is 0.381 e. The van der Waals surface area contributed by atoms with Gasteiger partial charge in [-0.05, 0) is 19.3 Å². The molecule has 0 aromatic carbocycles. The van der Waals surface area contributed by atoms with E-state index in [0.29, 0.717) is 6.04 Å². The molecular formula is C13H25NO2. The highest BCUT2D eigenvalue weighted by molar-refractivity contribution is 5.78. The fourth-order valence-electron chi connectivity index (χ4n) is 2.02. The van der Waals surface area contributed by atoms with Gasteiger partial charge >= 0.3 is 0 Å². The van der Waals surface area contributed by atoms with Crippen molar-refractivity contribution in [3.63, 3.8) is 0 Å². The average molecular weight is 227 g/mol. The molecule has 3 heteroatoms. The van der Waals surface area contributed by atoms with Gasteiger partial charge in [0.15, 0.2) is 0 Å². The first-order chi connectivity index (χ1) is 7.74. The van der Waals surface area contributed by atoms with E-state index in [0.717, 1.165) is 32.5 Å². The highest BCUT2D eigenvalue weighted by Gasteiger charge is 2.19. The molecule has 1 amide bonds. The summed E-state index contributed by atoms with van der Waals surface area (Å²) in [5.74, 6) is 0.386. The van der Waals surface area contributed by atoms with Gasteiger partial charge in [0, 0.05) is 25.2 Å². The minimum atomic E-state index is 0.161. The van der Waals surface area contributed by atoms with Gasteiger partial charge in [-0.15, -0.1) is 0 Å². The summed E-state index contributed by atoms with van der Waals surface area (Å²) >= 11 is 0. The lowest BCUT2D eigenvalue weighted by Crippen LogP contribution is -2.41. The molecule has 0 bridgehead atoms. The van der Waals surface area contributed by atoms with Crippen LogP contribution in [0.3, 0.4) is 0 Å². The Morgan fingerprint density at radius 1 is 1.38 bits per heavy atom. The van der Waals surface area contributed by atoms with Crippen molar-refractivity contribution in [3.05, 3.63) is 0 Å². The van der Waals surface area contributed by atoms with Crippen molar-refractivity contribution in [2.45, 2.75) is 58.4 Å². The Labute approximate surface area is 98.9 Å². The fourth-order valence-corrected chi connectivity index (χ4v) is 2.02. The van der Waals surface area contributed by atoms with Crippen LogP contribution in [0, 0.1) is 5.92 Å². The molecule has 1 saturated heterocycles. The van der Waals surface area contributed by atoms with E-state index in [2.05, 4.69) is 12.2 Å². The molecule has 0 radical (unpaired) electrons. The van der Waals surface area contributed by atoms with Gasteiger partial charge in [0.05, 0.1) is 0 Å². The normalized spacial score (nSPS) is 19.4. The van der Waals surface area contributed by atoms with Crippen LogP contribution in [-0.2, 0) is 9.53 Å². The van der Waals surface area contributed by atoms with Crippen molar-refractivity contribution >= 4 is 5.91 Å². The Balaban J connectivity index is 2.16. The molecule has 0 aliphatic carbocycles. The van der Waals surface area contributed by atoms with Gasteiger partial charge < -0.3 is 10.1 Å². The van der Waals surface area contributed by atoms with Crippen LogP contribution in [0.25, 0.3) is 0 Å². The van der Waals surface area contributed by atoms with E-state index < -0.39 is 0 Å². The lowest BCUT2D eigenvalue weighted by atomic mass is 10.0. The van der Waals surface area contributed by atoms with E-state index in [1.54, 1.807) is 0 Å². The number of amides is 1. The average Bonchev–Trinajstić information content (AvgIpc) is 2.30. The smallest absolute Gasteiger partial charge is 0.223 e. The second-order valence-corrected chi connectivity index (χ2v) is 4.79. The van der Waals surface area contributed by atoms with Gasteiger partial charge in [-0.25, -0.2) is 0 Å². The number of carbonyl (C=O) groups excluding carboxylic acids is 1. The lowest BCUT2D eigenvalue weighted by Gasteiger charge is -2.24. The molecule has 16 heavy (non-hydrogen) atoms. The maximum Gasteiger partial charge on any atom is 0.223 e. The van der Waals surface area contributed by atoms with E-state index in [-0.39, 0.29) is 11.8 Å². The van der Waals surface area contributed by atoms with E-state index in [1.165, 1.54) is 19.3 Å². The van der Waals surface area contributed by atoms with E-state index in [9.17, 15) is 4.79 Å². The Morgan fingerprint density at radius 2 is 2.06 bits per heavy atom. The van der Waals surface area contributed by atoms with Crippen molar-refractivity contribution < 1.29 is 9.53 Å². The Bertz CT molecular complexity index is 200. The molecule has 0 spiro atoms. The monoisotopic (exact) mass is 227 g/mol. The molecule has 1 heterocycles. The van der Waals surface area contributed by atoms with Crippen LogP contribution in [0.2, 0.25) is 0 Å². The van der Waals surface area contributed by atoms with Crippen LogP contribution < -0.4 is 5.32 Å². The van der Waals surface area contributed by atoms with Gasteiger partial charge in [0.1, 0.15) is 0 Å². The molecule has 1 N–H and O–H groups in total. The maximum absolute atomic E-state index is 11.9. The molecule has 1 atom stereocenters. The summed E-state index contributed by atoms with van der Waals surface area (Å²) in [5, 5.41) is 3.13. The fraction of sp³-hybridized carbons (Fsp3) is 0.923. The molecule has 1 unspecified atom stereocenters. The highest BCUT2D eigenvalue weighted by atomic mass is 16.5. The second-order valence-electron chi connectivity index (χ2n) is 4.79. The zero-order valence-corrected chi connectivity index (χ0v) is 10.6. The highest BCUT2D eigenvalue weighted by Crippen LogP contribution is 2.12. The summed E-state index contributed by atoms with van der Waals surface area (Å²) in [6.07, 6.45) is 6.56. The van der Waals surface area contributed by atoms with Crippen molar-refractivity contribution in [2.24, 2.45) is 5.92 Å². The first kappa shape index (κ1) is 13.5. The topological polar surface area (TPSA) is 38.3 Å². The number of ether oxygens (including phenoxy) is 1. The van der Waals surface area contributed by atoms with Crippen LogP contribution in [-0.4, -0.2) is 25.2 Å². The van der Waals surface area contributed by atoms with E-state index in [4.69, 9.17) is 4.74 Å². The van der Waals surface area contributed by atoms with Crippen molar-refractivity contribution in [1.82, 2.24) is 5.32 Å². The van der Waals surface area contributed by atoms with Crippen LogP contribution >= 0.6 is 0 Å². The predicted octanol–water partition coefficient (Wildman–Crippen LogP) is 2.50. The minimum Gasteiger partial charge on any atom is -0.381 e. The molecular weight excluding hydrogens is 202 g/mol. The molecule has 1 fully saturated rings. The third-order valence-corrected chi connectivity index (χ3v) is 3.26. The number of carbonyl (C=O) groups is 1. The third-order valence-electron chi connectivity index (χ3n) is 3.26. The molecule has 1 rings (SSSR count). The first-order valence-electron chi connectivity index (χ1n) is 6.62. The molecule has 1 aliphatic rings. The third kappa shape index (κ3) is 4.97. The van der Waals surface area contributed by atoms with Gasteiger partial charge in [-0.1, -0.05) is 33.1 Å². The molecule has 3 nitrogen and oxygen atoms in total. The summed E-state index contributed by atoms with van der Waals surface area (Å²) in [4.78, 5) is 11.9. The first-order valence-corrected chi connectivity index (χ1v) is 6.62. The minimum absolute atomic E-state index is 0.161. The Kier molecular flexibility index (Phi) is 6.46. The molecule has 1 aliphatic heterocycles. The number of nitrogens with one attached hydrogen (secondary N) is 1. The Hall–Kier alpha value is -0.570. The zero-order chi connectivity index (χ0) is 11.8. The summed E-state index contributed by atoms with van der Waals surface area (Å²) in [6.45, 7) is 5.79. The summed E-state index contributed by atoms with van der Waals surface area (Å²) in [7, 11) is 0. The standard InChI is InChI=1S/C13H25NO2/c1-3-4-5-6-11(2)13(15)14-12-7-9-16-10-8-12/h11-12H,3-10H2,1-2H3,(H,14,15). The number of hydrogen-bond acceptors (Lipinski definition) is 2. The summed E-state index contributed by atoms with van der Waals surface area (Å²) in [6, 6.07) is 0.342. The van der Waals surface area contributed by atoms with Gasteiger partial charge in [0.2, 0.25) is 5.91 Å². The number of rotatable bonds is 6. The SMILES string of the molecule is CCCCCC(C)C(=O)NC1CCOCC1. The van der Waals surface area contributed by atoms with E-state index >= 15 is 0 Å². The molecule has 0 aromatic rings. The summed E-state index contributed by atoms with van der Waals surface area (Å²) < 4.78 is 5.27. The molecule has 0 aromatic heterocycles. The maximum atomic E-state index is 11.9. The molecule has 0 saturated carbocycles. The molecule has 94 valence electrons. The summed E-state index contributed by atoms with van der Waals surface area (Å²) in [5.41, 5.74) is 0. The van der Waals surface area contributed by atoms with Crippen LogP contribution in [0.4, 0.5) is 0 Å². The second kappa shape index (κ2) is 7.66. The van der Waals surface area contributed by atoms with Crippen molar-refractivity contribution in [3.8, 4) is 0 Å². The van der Waals surface area contributed by atoms with Crippen LogP contribution in [0.5, 0.6) is 0 Å². The predicted molar refractivity (Wildman–Crippen MR) is 65.3 cm³/mol. The van der Waals surface area contributed by atoms with Gasteiger partial charge in [-0.3, -0.25) is 4.79 Å².